The van der Waals surface area contributed by atoms with E-state index >= 15 is 0 Å². The first-order valence-electron chi connectivity index (χ1n) is 9.40. The minimum atomic E-state index is 0.420. The lowest BCUT2D eigenvalue weighted by molar-refractivity contribution is 0.391. The molecule has 146 valence electrons. The number of anilines is 3. The van der Waals surface area contributed by atoms with Crippen LogP contribution in [0, 0.1) is 0 Å². The number of fused-ring (bicyclic) bond motifs is 1. The molecule has 0 aliphatic carbocycles. The number of nitrogens with two attached hydrogens (primary N) is 2. The van der Waals surface area contributed by atoms with Gasteiger partial charge < -0.3 is 25.8 Å². The Morgan fingerprint density at radius 2 is 1.86 bits per heavy atom. The largest absolute Gasteiger partial charge is 0.497 e. The molecule has 28 heavy (non-hydrogen) atoms. The van der Waals surface area contributed by atoms with Crippen LogP contribution in [0.3, 0.4) is 0 Å². The molecule has 1 aliphatic rings. The number of hydrogen-bond acceptors (Lipinski definition) is 7. The van der Waals surface area contributed by atoms with Gasteiger partial charge in [-0.05, 0) is 30.5 Å². The Kier molecular flexibility index (Phi) is 4.81. The van der Waals surface area contributed by atoms with Gasteiger partial charge in [0, 0.05) is 31.1 Å². The second-order valence-electron chi connectivity index (χ2n) is 7.00. The van der Waals surface area contributed by atoms with E-state index in [4.69, 9.17) is 20.9 Å². The van der Waals surface area contributed by atoms with Crippen molar-refractivity contribution in [2.75, 3.05) is 43.7 Å². The summed E-state index contributed by atoms with van der Waals surface area (Å²) >= 11 is 0. The number of pyridine rings is 2. The van der Waals surface area contributed by atoms with Crippen LogP contribution in [0.2, 0.25) is 0 Å². The van der Waals surface area contributed by atoms with Gasteiger partial charge in [0.05, 0.1) is 37.3 Å². The third kappa shape index (κ3) is 3.24. The summed E-state index contributed by atoms with van der Waals surface area (Å²) in [6, 6.07) is 7.71. The summed E-state index contributed by atoms with van der Waals surface area (Å²) in [5.41, 5.74) is 17.5. The van der Waals surface area contributed by atoms with Crippen LogP contribution in [0.4, 0.5) is 17.2 Å². The smallest absolute Gasteiger partial charge is 0.129 e. The number of hydrogen-bond donors (Lipinski definition) is 2. The fraction of sp³-hybridized carbons (Fsp3) is 0.333. The van der Waals surface area contributed by atoms with Gasteiger partial charge in [0.25, 0.3) is 0 Å². The molecular weight excluding hydrogens is 354 g/mol. The van der Waals surface area contributed by atoms with Crippen molar-refractivity contribution in [2.45, 2.75) is 19.3 Å². The van der Waals surface area contributed by atoms with E-state index in [1.165, 1.54) is 12.8 Å². The molecule has 4 rings (SSSR count). The Labute approximate surface area is 164 Å². The van der Waals surface area contributed by atoms with Crippen LogP contribution in [0.5, 0.6) is 11.5 Å². The average molecular weight is 379 g/mol. The zero-order valence-electron chi connectivity index (χ0n) is 16.2. The highest BCUT2D eigenvalue weighted by Crippen LogP contribution is 2.33. The minimum Gasteiger partial charge on any atom is -0.497 e. The first-order valence-corrected chi connectivity index (χ1v) is 9.40. The molecule has 0 radical (unpaired) electrons. The maximum Gasteiger partial charge on any atom is 0.129 e. The van der Waals surface area contributed by atoms with E-state index < -0.39 is 0 Å². The lowest BCUT2D eigenvalue weighted by atomic mass is 10.0. The van der Waals surface area contributed by atoms with Crippen molar-refractivity contribution in [3.63, 3.8) is 0 Å². The first-order chi connectivity index (χ1) is 13.6. The Morgan fingerprint density at radius 3 is 2.57 bits per heavy atom. The predicted octanol–water partition coefficient (Wildman–Crippen LogP) is 3.00. The van der Waals surface area contributed by atoms with Crippen LogP contribution < -0.4 is 25.8 Å². The molecule has 7 heteroatoms. The van der Waals surface area contributed by atoms with E-state index in [0.29, 0.717) is 23.4 Å². The summed E-state index contributed by atoms with van der Waals surface area (Å²) in [5, 5.41) is 0. The molecule has 4 N–H and O–H groups in total. The minimum absolute atomic E-state index is 0.420. The molecule has 0 atom stereocenters. The zero-order valence-corrected chi connectivity index (χ0v) is 16.2. The number of nitrogens with zero attached hydrogens (tertiary/aromatic N) is 3. The van der Waals surface area contributed by atoms with E-state index in [1.807, 2.05) is 30.5 Å². The van der Waals surface area contributed by atoms with Gasteiger partial charge in [0.2, 0.25) is 0 Å². The topological polar surface area (TPSA) is 99.5 Å². The van der Waals surface area contributed by atoms with E-state index in [-0.39, 0.29) is 0 Å². The fourth-order valence-electron chi connectivity index (χ4n) is 3.74. The van der Waals surface area contributed by atoms with Gasteiger partial charge in [-0.25, -0.2) is 4.98 Å². The van der Waals surface area contributed by atoms with Gasteiger partial charge in [-0.15, -0.1) is 0 Å². The molecule has 0 bridgehead atoms. The van der Waals surface area contributed by atoms with Crippen molar-refractivity contribution in [2.24, 2.45) is 0 Å². The Hall–Kier alpha value is -3.22. The highest BCUT2D eigenvalue weighted by Gasteiger charge is 2.18. The molecule has 2 aromatic heterocycles. The molecule has 1 aromatic carbocycles. The van der Waals surface area contributed by atoms with Crippen LogP contribution in [-0.2, 0) is 6.42 Å². The Balaban J connectivity index is 1.73. The summed E-state index contributed by atoms with van der Waals surface area (Å²) in [6.07, 6.45) is 4.79. The summed E-state index contributed by atoms with van der Waals surface area (Å²) in [5.74, 6) is 1.87. The maximum atomic E-state index is 6.46. The first kappa shape index (κ1) is 18.2. The van der Waals surface area contributed by atoms with Gasteiger partial charge in [0.15, 0.2) is 0 Å². The summed E-state index contributed by atoms with van der Waals surface area (Å²) < 4.78 is 10.8. The van der Waals surface area contributed by atoms with Gasteiger partial charge in [-0.1, -0.05) is 6.07 Å². The molecule has 3 aromatic rings. The zero-order chi connectivity index (χ0) is 19.7. The van der Waals surface area contributed by atoms with Crippen LogP contribution in [0.1, 0.15) is 24.0 Å². The number of rotatable bonds is 5. The Morgan fingerprint density at radius 1 is 1.07 bits per heavy atom. The van der Waals surface area contributed by atoms with Crippen molar-refractivity contribution in [1.82, 2.24) is 9.97 Å². The third-order valence-corrected chi connectivity index (χ3v) is 5.32. The molecule has 1 fully saturated rings. The standard InChI is InChI=1S/C21H25N5O2/c1-27-15-6-5-13(18(11-15)28-2)9-16-19(22)20-17(25-21(16)23)10-14(12-24-20)26-7-3-4-8-26/h5-6,10-12H,3-4,7-9H2,1-2H3,(H4,22,23,25). The lowest BCUT2D eigenvalue weighted by Crippen LogP contribution is -2.18. The van der Waals surface area contributed by atoms with Crippen molar-refractivity contribution in [3.8, 4) is 11.5 Å². The molecule has 3 heterocycles. The second kappa shape index (κ2) is 7.42. The number of nitrogen functional groups attached to an aromatic ring is 2. The number of methoxy groups -OCH3 is 2. The normalized spacial score (nSPS) is 13.9. The van der Waals surface area contributed by atoms with E-state index in [0.717, 1.165) is 46.9 Å². The van der Waals surface area contributed by atoms with Gasteiger partial charge in [-0.3, -0.25) is 4.98 Å². The highest BCUT2D eigenvalue weighted by atomic mass is 16.5. The van der Waals surface area contributed by atoms with Gasteiger partial charge in [-0.2, -0.15) is 0 Å². The predicted molar refractivity (Wildman–Crippen MR) is 112 cm³/mol. The third-order valence-electron chi connectivity index (χ3n) is 5.32. The fourth-order valence-corrected chi connectivity index (χ4v) is 3.74. The van der Waals surface area contributed by atoms with E-state index in [9.17, 15) is 0 Å². The molecule has 0 unspecified atom stereocenters. The lowest BCUT2D eigenvalue weighted by Gasteiger charge is -2.18. The van der Waals surface area contributed by atoms with Gasteiger partial charge in [0.1, 0.15) is 22.8 Å². The molecule has 1 saturated heterocycles. The van der Waals surface area contributed by atoms with Crippen LogP contribution >= 0.6 is 0 Å². The number of aromatic nitrogens is 2. The molecule has 0 saturated carbocycles. The molecule has 1 aliphatic heterocycles. The van der Waals surface area contributed by atoms with Gasteiger partial charge >= 0.3 is 0 Å². The number of ether oxygens (including phenoxy) is 2. The molecular formula is C21H25N5O2. The monoisotopic (exact) mass is 379 g/mol. The van der Waals surface area contributed by atoms with E-state index in [1.54, 1.807) is 14.2 Å². The average Bonchev–Trinajstić information content (AvgIpc) is 3.25. The SMILES string of the molecule is COc1ccc(Cc2c(N)nc3cc(N4CCCC4)cnc3c2N)c(OC)c1. The second-order valence-corrected chi connectivity index (χ2v) is 7.00. The molecule has 0 amide bonds. The van der Waals surface area contributed by atoms with Crippen LogP contribution in [-0.4, -0.2) is 37.3 Å². The molecule has 7 nitrogen and oxygen atoms in total. The summed E-state index contributed by atoms with van der Waals surface area (Å²) in [6.45, 7) is 2.10. The molecule has 0 spiro atoms. The van der Waals surface area contributed by atoms with Crippen LogP contribution in [0.25, 0.3) is 11.0 Å². The quantitative estimate of drug-likeness (QED) is 0.703. The van der Waals surface area contributed by atoms with Crippen molar-refractivity contribution < 1.29 is 9.47 Å². The Bertz CT molecular complexity index is 1020. The number of benzene rings is 1. The van der Waals surface area contributed by atoms with Crippen molar-refractivity contribution >= 4 is 28.2 Å². The van der Waals surface area contributed by atoms with Crippen LogP contribution in [0.15, 0.2) is 30.5 Å². The van der Waals surface area contributed by atoms with Crippen molar-refractivity contribution in [1.29, 1.82) is 0 Å². The summed E-state index contributed by atoms with van der Waals surface area (Å²) in [7, 11) is 3.25. The highest BCUT2D eigenvalue weighted by molar-refractivity contribution is 5.92. The summed E-state index contributed by atoms with van der Waals surface area (Å²) in [4.78, 5) is 11.5. The van der Waals surface area contributed by atoms with Crippen molar-refractivity contribution in [3.05, 3.63) is 41.6 Å². The van der Waals surface area contributed by atoms with E-state index in [2.05, 4.69) is 14.9 Å². The maximum absolute atomic E-state index is 6.46.